The number of fused-ring (bicyclic) bond motifs is 4. The van der Waals surface area contributed by atoms with Crippen LogP contribution in [0.15, 0.2) is 72.8 Å². The second-order valence-electron chi connectivity index (χ2n) is 7.21. The fourth-order valence-electron chi connectivity index (χ4n) is 4.50. The van der Waals surface area contributed by atoms with Gasteiger partial charge in [-0.25, -0.2) is 0 Å². The molecule has 1 aliphatic carbocycles. The van der Waals surface area contributed by atoms with Crippen molar-refractivity contribution in [1.29, 1.82) is 0 Å². The second-order valence-corrected chi connectivity index (χ2v) is 7.21. The average molecular weight is 350 g/mol. The number of hydrogen-bond acceptors (Lipinski definition) is 1. The van der Waals surface area contributed by atoms with Crippen LogP contribution in [-0.4, -0.2) is 7.11 Å². The van der Waals surface area contributed by atoms with Gasteiger partial charge in [-0.3, -0.25) is 0 Å². The summed E-state index contributed by atoms with van der Waals surface area (Å²) in [5, 5.41) is 2.51. The number of aryl methyl sites for hydroxylation is 1. The molecule has 0 unspecified atom stereocenters. The minimum atomic E-state index is 0.904. The minimum absolute atomic E-state index is 0.904. The molecule has 0 radical (unpaired) electrons. The monoisotopic (exact) mass is 350 g/mol. The van der Waals surface area contributed by atoms with E-state index >= 15 is 0 Å². The molecule has 0 amide bonds. The average Bonchev–Trinajstić information content (AvgIpc) is 3.10. The van der Waals surface area contributed by atoms with Gasteiger partial charge in [-0.05, 0) is 74.7 Å². The predicted octanol–water partition coefficient (Wildman–Crippen LogP) is 6.65. The Morgan fingerprint density at radius 1 is 0.815 bits per heavy atom. The summed E-state index contributed by atoms with van der Waals surface area (Å²) in [6.07, 6.45) is 2.05. The maximum absolute atomic E-state index is 5.43. The van der Waals surface area contributed by atoms with E-state index in [0.29, 0.717) is 0 Å². The van der Waals surface area contributed by atoms with Gasteiger partial charge in [-0.1, -0.05) is 67.6 Å². The first-order valence-electron chi connectivity index (χ1n) is 9.60. The molecule has 27 heavy (non-hydrogen) atoms. The lowest BCUT2D eigenvalue weighted by molar-refractivity contribution is 0.415. The highest BCUT2D eigenvalue weighted by Crippen LogP contribution is 2.45. The molecule has 4 aromatic carbocycles. The van der Waals surface area contributed by atoms with E-state index in [0.717, 1.165) is 18.6 Å². The Labute approximate surface area is 160 Å². The molecule has 0 spiro atoms. The van der Waals surface area contributed by atoms with E-state index in [4.69, 9.17) is 4.74 Å². The lowest BCUT2D eigenvalue weighted by Gasteiger charge is -2.17. The summed E-state index contributed by atoms with van der Waals surface area (Å²) in [6.45, 7) is 2.25. The first-order valence-corrected chi connectivity index (χ1v) is 9.60. The van der Waals surface area contributed by atoms with Gasteiger partial charge in [0, 0.05) is 0 Å². The Bertz CT molecular complexity index is 1170. The van der Waals surface area contributed by atoms with E-state index in [-0.39, 0.29) is 0 Å². The highest BCUT2D eigenvalue weighted by Gasteiger charge is 2.23. The van der Waals surface area contributed by atoms with Crippen molar-refractivity contribution < 1.29 is 4.74 Å². The van der Waals surface area contributed by atoms with E-state index in [9.17, 15) is 0 Å². The Morgan fingerprint density at radius 3 is 2.52 bits per heavy atom. The first kappa shape index (κ1) is 16.1. The molecule has 0 heterocycles. The van der Waals surface area contributed by atoms with Crippen LogP contribution < -0.4 is 4.74 Å². The molecule has 0 saturated carbocycles. The number of methoxy groups -OCH3 is 1. The molecular formula is C26H22O. The van der Waals surface area contributed by atoms with Crippen LogP contribution in [-0.2, 0) is 12.8 Å². The van der Waals surface area contributed by atoms with Crippen molar-refractivity contribution >= 4 is 10.8 Å². The summed E-state index contributed by atoms with van der Waals surface area (Å²) in [7, 11) is 1.72. The van der Waals surface area contributed by atoms with Crippen LogP contribution in [0.25, 0.3) is 33.0 Å². The van der Waals surface area contributed by atoms with Gasteiger partial charge >= 0.3 is 0 Å². The van der Waals surface area contributed by atoms with E-state index in [2.05, 4.69) is 79.7 Å². The Kier molecular flexibility index (Phi) is 3.75. The maximum Gasteiger partial charge on any atom is 0.119 e. The normalized spacial score (nSPS) is 12.1. The molecule has 132 valence electrons. The number of hydrogen-bond donors (Lipinski definition) is 0. The maximum atomic E-state index is 5.43. The molecular weight excluding hydrogens is 328 g/mol. The molecule has 0 N–H and O–H groups in total. The van der Waals surface area contributed by atoms with Gasteiger partial charge in [0.2, 0.25) is 0 Å². The van der Waals surface area contributed by atoms with Crippen molar-refractivity contribution in [3.63, 3.8) is 0 Å². The standard InChI is InChI=1S/C26H22O/c1-3-17-11-13-23-21-9-5-4-7-19(21)16-25(23)26(17)24-10-6-8-18-15-20(27-2)12-14-22(18)24/h4-15H,3,16H2,1-2H3. The van der Waals surface area contributed by atoms with Gasteiger partial charge in [0.1, 0.15) is 5.75 Å². The zero-order valence-corrected chi connectivity index (χ0v) is 15.8. The summed E-state index contributed by atoms with van der Waals surface area (Å²) in [6, 6.07) is 26.4. The fraction of sp³-hybridized carbons (Fsp3) is 0.154. The molecule has 4 aromatic rings. The van der Waals surface area contributed by atoms with Gasteiger partial charge in [-0.2, -0.15) is 0 Å². The third kappa shape index (κ3) is 2.46. The molecule has 0 aliphatic heterocycles. The highest BCUT2D eigenvalue weighted by molar-refractivity contribution is 6.00. The van der Waals surface area contributed by atoms with Crippen molar-refractivity contribution in [1.82, 2.24) is 0 Å². The number of benzene rings is 4. The largest absolute Gasteiger partial charge is 0.497 e. The van der Waals surface area contributed by atoms with Crippen LogP contribution >= 0.6 is 0 Å². The molecule has 0 saturated heterocycles. The second kappa shape index (κ2) is 6.28. The molecule has 1 heteroatoms. The molecule has 0 fully saturated rings. The molecule has 0 aromatic heterocycles. The van der Waals surface area contributed by atoms with Crippen LogP contribution in [0.2, 0.25) is 0 Å². The van der Waals surface area contributed by atoms with Crippen molar-refractivity contribution in [2.24, 2.45) is 0 Å². The summed E-state index contributed by atoms with van der Waals surface area (Å²) in [5.41, 5.74) is 9.85. The third-order valence-corrected chi connectivity index (χ3v) is 5.81. The van der Waals surface area contributed by atoms with Gasteiger partial charge in [0.05, 0.1) is 7.11 Å². The van der Waals surface area contributed by atoms with Gasteiger partial charge in [-0.15, -0.1) is 0 Å². The van der Waals surface area contributed by atoms with Gasteiger partial charge in [0.25, 0.3) is 0 Å². The summed E-state index contributed by atoms with van der Waals surface area (Å²) in [5.74, 6) is 0.904. The van der Waals surface area contributed by atoms with Gasteiger partial charge in [0.15, 0.2) is 0 Å². The van der Waals surface area contributed by atoms with E-state index < -0.39 is 0 Å². The highest BCUT2D eigenvalue weighted by atomic mass is 16.5. The fourth-order valence-corrected chi connectivity index (χ4v) is 4.50. The van der Waals surface area contributed by atoms with Crippen molar-refractivity contribution in [2.75, 3.05) is 7.11 Å². The van der Waals surface area contributed by atoms with Crippen molar-refractivity contribution in [3.8, 4) is 28.0 Å². The lowest BCUT2D eigenvalue weighted by atomic mass is 9.87. The quantitative estimate of drug-likeness (QED) is 0.354. The Hall–Kier alpha value is -3.06. The van der Waals surface area contributed by atoms with E-state index in [1.54, 1.807) is 7.11 Å². The van der Waals surface area contributed by atoms with Crippen LogP contribution in [0.4, 0.5) is 0 Å². The Balaban J connectivity index is 1.81. The predicted molar refractivity (Wildman–Crippen MR) is 114 cm³/mol. The number of rotatable bonds is 3. The molecule has 1 nitrogen and oxygen atoms in total. The zero-order chi connectivity index (χ0) is 18.4. The third-order valence-electron chi connectivity index (χ3n) is 5.81. The Morgan fingerprint density at radius 2 is 1.67 bits per heavy atom. The molecule has 1 aliphatic rings. The van der Waals surface area contributed by atoms with Crippen LogP contribution in [0, 0.1) is 0 Å². The van der Waals surface area contributed by atoms with E-state index in [1.807, 2.05) is 0 Å². The van der Waals surface area contributed by atoms with Gasteiger partial charge < -0.3 is 4.74 Å². The molecule has 0 bridgehead atoms. The van der Waals surface area contributed by atoms with Crippen molar-refractivity contribution in [2.45, 2.75) is 19.8 Å². The topological polar surface area (TPSA) is 9.23 Å². The molecule has 0 atom stereocenters. The lowest BCUT2D eigenvalue weighted by Crippen LogP contribution is -1.96. The number of ether oxygens (including phenoxy) is 1. The summed E-state index contributed by atoms with van der Waals surface area (Å²) in [4.78, 5) is 0. The van der Waals surface area contributed by atoms with Crippen LogP contribution in [0.3, 0.4) is 0 Å². The minimum Gasteiger partial charge on any atom is -0.497 e. The van der Waals surface area contributed by atoms with Crippen LogP contribution in [0.5, 0.6) is 5.75 Å². The smallest absolute Gasteiger partial charge is 0.119 e. The first-order chi connectivity index (χ1) is 13.3. The zero-order valence-electron chi connectivity index (χ0n) is 15.8. The SMILES string of the molecule is CCc1ccc2c(c1-c1cccc3cc(OC)ccc13)Cc1ccccc1-2. The van der Waals surface area contributed by atoms with Crippen LogP contribution in [0.1, 0.15) is 23.6 Å². The summed E-state index contributed by atoms with van der Waals surface area (Å²) >= 11 is 0. The van der Waals surface area contributed by atoms with Crippen molar-refractivity contribution in [3.05, 3.63) is 89.5 Å². The van der Waals surface area contributed by atoms with E-state index in [1.165, 1.54) is 49.7 Å². The summed E-state index contributed by atoms with van der Waals surface area (Å²) < 4.78 is 5.43. The molecule has 5 rings (SSSR count).